The minimum Gasteiger partial charge on any atom is -0.390 e. The number of amides is 1. The number of fused-ring (bicyclic) bond motifs is 1. The molecule has 3 unspecified atom stereocenters. The molecule has 0 saturated carbocycles. The number of hydrogen-bond acceptors (Lipinski definition) is 8. The molecule has 0 bridgehead atoms. The van der Waals surface area contributed by atoms with E-state index in [4.69, 9.17) is 16.3 Å². The molecule has 1 fully saturated rings. The fourth-order valence-corrected chi connectivity index (χ4v) is 2.30. The number of carbonyl (C=O) groups is 1. The lowest BCUT2D eigenvalue weighted by atomic mass is 10.2. The second-order valence-electron chi connectivity index (χ2n) is 4.60. The van der Waals surface area contributed by atoms with Crippen LogP contribution in [0.25, 0.3) is 11.2 Å². The maximum absolute atomic E-state index is 11.7. The van der Waals surface area contributed by atoms with Crippen LogP contribution in [0.15, 0.2) is 11.1 Å². The molecule has 3 heterocycles. The zero-order chi connectivity index (χ0) is 15.1. The molecule has 2 aromatic heterocycles. The Kier molecular flexibility index (Phi) is 3.08. The second-order valence-corrected chi connectivity index (χ2v) is 4.60. The van der Waals surface area contributed by atoms with Crippen molar-refractivity contribution in [1.29, 1.82) is 0 Å². The van der Waals surface area contributed by atoms with E-state index in [9.17, 15) is 14.7 Å². The van der Waals surface area contributed by atoms with E-state index in [1.807, 2.05) is 5.43 Å². The number of aromatic amines is 1. The molecule has 11 nitrogen and oxygen atoms in total. The first kappa shape index (κ1) is 13.5. The number of aromatic nitrogens is 4. The van der Waals surface area contributed by atoms with Crippen LogP contribution >= 0.6 is 0 Å². The number of anilines is 1. The van der Waals surface area contributed by atoms with Gasteiger partial charge in [0.2, 0.25) is 5.95 Å². The molecular weight excluding hydrogens is 282 g/mol. The Morgan fingerprint density at radius 2 is 2.38 bits per heavy atom. The number of carbonyl (C=O) groups excluding carboxylic acids is 1. The van der Waals surface area contributed by atoms with Gasteiger partial charge in [-0.25, -0.2) is 10.8 Å². The molecule has 11 heteroatoms. The maximum Gasteiger partial charge on any atom is 0.280 e. The summed E-state index contributed by atoms with van der Waals surface area (Å²) in [5.41, 5.74) is 7.24. The number of nitrogens with zero attached hydrogens (tertiary/aromatic N) is 3. The average Bonchev–Trinajstić information content (AvgIpc) is 3.01. The van der Waals surface area contributed by atoms with Crippen LogP contribution < -0.4 is 22.6 Å². The van der Waals surface area contributed by atoms with Crippen molar-refractivity contribution in [3.05, 3.63) is 16.7 Å². The third kappa shape index (κ3) is 2.12. The molecule has 0 aliphatic carbocycles. The van der Waals surface area contributed by atoms with Crippen molar-refractivity contribution < 1.29 is 14.6 Å². The average molecular weight is 295 g/mol. The predicted molar refractivity (Wildman–Crippen MR) is 69.4 cm³/mol. The Morgan fingerprint density at radius 3 is 3.10 bits per heavy atom. The molecule has 112 valence electrons. The number of nitrogen functional groups attached to an aromatic ring is 1. The molecule has 1 aliphatic rings. The van der Waals surface area contributed by atoms with Gasteiger partial charge >= 0.3 is 0 Å². The van der Waals surface area contributed by atoms with Crippen LogP contribution in [0.1, 0.15) is 12.6 Å². The summed E-state index contributed by atoms with van der Waals surface area (Å²) in [6.07, 6.45) is -1.38. The van der Waals surface area contributed by atoms with Crippen LogP contribution in [0.5, 0.6) is 0 Å². The van der Waals surface area contributed by atoms with Crippen molar-refractivity contribution in [2.24, 2.45) is 5.84 Å². The van der Waals surface area contributed by atoms with Gasteiger partial charge in [-0.15, -0.1) is 0 Å². The van der Waals surface area contributed by atoms with Crippen LogP contribution in [0.4, 0.5) is 5.95 Å². The summed E-state index contributed by atoms with van der Waals surface area (Å²) in [6.45, 7) is 0. The van der Waals surface area contributed by atoms with Gasteiger partial charge in [0.15, 0.2) is 17.3 Å². The molecule has 1 aliphatic heterocycles. The van der Waals surface area contributed by atoms with Gasteiger partial charge in [0, 0.05) is 6.42 Å². The Labute approximate surface area is 116 Å². The fraction of sp³-hybridized carbons (Fsp3) is 0.400. The Morgan fingerprint density at radius 1 is 1.62 bits per heavy atom. The molecule has 0 radical (unpaired) electrons. The van der Waals surface area contributed by atoms with Crippen molar-refractivity contribution in [3.8, 4) is 0 Å². The van der Waals surface area contributed by atoms with E-state index in [0.717, 1.165) is 0 Å². The summed E-state index contributed by atoms with van der Waals surface area (Å²) < 4.78 is 6.88. The van der Waals surface area contributed by atoms with Crippen LogP contribution in [-0.2, 0) is 9.53 Å². The minimum absolute atomic E-state index is 0.0657. The Balaban J connectivity index is 1.99. The standard InChI is InChI=1S/C10H13N7O4/c11-10-14-7-5(8(19)15-10)13-2-17(7)4-1-3(18)6(21-4)9(20)16-12/h2-4,6,18H,1,12H2,(H,16,20)(H3,11,14,15,19). The van der Waals surface area contributed by atoms with Crippen molar-refractivity contribution in [2.45, 2.75) is 24.9 Å². The number of nitrogens with two attached hydrogens (primary N) is 2. The molecule has 7 N–H and O–H groups in total. The lowest BCUT2D eigenvalue weighted by Gasteiger charge is -2.14. The van der Waals surface area contributed by atoms with Gasteiger partial charge in [0.1, 0.15) is 6.23 Å². The smallest absolute Gasteiger partial charge is 0.280 e. The van der Waals surface area contributed by atoms with E-state index >= 15 is 0 Å². The lowest BCUT2D eigenvalue weighted by Crippen LogP contribution is -2.43. The maximum atomic E-state index is 11.7. The number of hydrogen-bond donors (Lipinski definition) is 5. The molecule has 1 saturated heterocycles. The van der Waals surface area contributed by atoms with Crippen molar-refractivity contribution in [2.75, 3.05) is 5.73 Å². The lowest BCUT2D eigenvalue weighted by molar-refractivity contribution is -0.137. The highest BCUT2D eigenvalue weighted by molar-refractivity contribution is 5.81. The highest BCUT2D eigenvalue weighted by Gasteiger charge is 2.40. The molecule has 3 atom stereocenters. The number of H-pyrrole nitrogens is 1. The minimum atomic E-state index is -1.10. The zero-order valence-electron chi connectivity index (χ0n) is 10.7. The Hall–Kier alpha value is -2.50. The van der Waals surface area contributed by atoms with Gasteiger partial charge in [-0.05, 0) is 0 Å². The van der Waals surface area contributed by atoms with Crippen molar-refractivity contribution in [3.63, 3.8) is 0 Å². The SMILES string of the molecule is NNC(=O)C1OC(n2cnc3c(=O)[nH]c(N)nc32)CC1O. The highest BCUT2D eigenvalue weighted by atomic mass is 16.5. The monoisotopic (exact) mass is 295 g/mol. The normalized spacial score (nSPS) is 25.3. The van der Waals surface area contributed by atoms with Crippen molar-refractivity contribution >= 4 is 23.0 Å². The molecule has 1 amide bonds. The number of rotatable bonds is 2. The highest BCUT2D eigenvalue weighted by Crippen LogP contribution is 2.30. The van der Waals surface area contributed by atoms with E-state index in [-0.39, 0.29) is 23.5 Å². The van der Waals surface area contributed by atoms with Crippen LogP contribution in [-0.4, -0.2) is 42.7 Å². The van der Waals surface area contributed by atoms with E-state index in [1.54, 1.807) is 0 Å². The first-order chi connectivity index (χ1) is 10.0. The number of aliphatic hydroxyl groups is 1. The van der Waals surface area contributed by atoms with Gasteiger partial charge in [-0.3, -0.25) is 24.6 Å². The van der Waals surface area contributed by atoms with Gasteiger partial charge in [0.05, 0.1) is 12.4 Å². The number of hydrazine groups is 1. The van der Waals surface area contributed by atoms with Crippen LogP contribution in [0.2, 0.25) is 0 Å². The summed E-state index contributed by atoms with van der Waals surface area (Å²) >= 11 is 0. The van der Waals surface area contributed by atoms with E-state index in [2.05, 4.69) is 15.0 Å². The largest absolute Gasteiger partial charge is 0.390 e. The van der Waals surface area contributed by atoms with Gasteiger partial charge in [-0.2, -0.15) is 4.98 Å². The number of imidazole rings is 1. The molecule has 2 aromatic rings. The third-order valence-electron chi connectivity index (χ3n) is 3.26. The van der Waals surface area contributed by atoms with E-state index < -0.39 is 29.9 Å². The molecule has 0 aromatic carbocycles. The number of ether oxygens (including phenoxy) is 1. The second kappa shape index (κ2) is 4.80. The topological polar surface area (TPSA) is 174 Å². The van der Waals surface area contributed by atoms with Crippen molar-refractivity contribution in [1.82, 2.24) is 24.9 Å². The first-order valence-electron chi connectivity index (χ1n) is 6.07. The van der Waals surface area contributed by atoms with Crippen LogP contribution in [0, 0.1) is 0 Å². The van der Waals surface area contributed by atoms with E-state index in [1.165, 1.54) is 10.9 Å². The number of nitrogens with one attached hydrogen (secondary N) is 2. The Bertz CT molecular complexity index is 753. The van der Waals surface area contributed by atoms with Gasteiger partial charge in [-0.1, -0.05) is 0 Å². The van der Waals surface area contributed by atoms with E-state index in [0.29, 0.717) is 0 Å². The predicted octanol–water partition coefficient (Wildman–Crippen LogP) is -2.66. The first-order valence-corrected chi connectivity index (χ1v) is 6.07. The molecule has 21 heavy (non-hydrogen) atoms. The number of aliphatic hydroxyl groups excluding tert-OH is 1. The summed E-state index contributed by atoms with van der Waals surface area (Å²) in [7, 11) is 0. The summed E-state index contributed by atoms with van der Waals surface area (Å²) in [6, 6.07) is 0. The van der Waals surface area contributed by atoms with Gasteiger partial charge in [0.25, 0.3) is 11.5 Å². The summed E-state index contributed by atoms with van der Waals surface area (Å²) in [5.74, 6) is 4.32. The third-order valence-corrected chi connectivity index (χ3v) is 3.26. The summed E-state index contributed by atoms with van der Waals surface area (Å²) in [5, 5.41) is 9.85. The van der Waals surface area contributed by atoms with Gasteiger partial charge < -0.3 is 15.6 Å². The fourth-order valence-electron chi connectivity index (χ4n) is 2.30. The van der Waals surface area contributed by atoms with Crippen LogP contribution in [0.3, 0.4) is 0 Å². The zero-order valence-corrected chi connectivity index (χ0v) is 10.7. The molecule has 3 rings (SSSR count). The molecule has 0 spiro atoms. The summed E-state index contributed by atoms with van der Waals surface area (Å²) in [4.78, 5) is 33.4. The molecular formula is C10H13N7O4. The quantitative estimate of drug-likeness (QED) is 0.226.